The highest BCUT2D eigenvalue weighted by Crippen LogP contribution is 2.38. The molecule has 0 saturated heterocycles. The topological polar surface area (TPSA) is 32.9 Å². The lowest BCUT2D eigenvalue weighted by molar-refractivity contribution is 0.0950. The molecule has 1 aliphatic carbocycles. The molecule has 2 aromatic carbocycles. The lowest BCUT2D eigenvalue weighted by atomic mass is 9.74. The number of Topliss-reactive ketones (excluding diaryl/α,β-unsaturated/α-hetero) is 1. The van der Waals surface area contributed by atoms with Gasteiger partial charge in [0.15, 0.2) is 5.78 Å². The quantitative estimate of drug-likeness (QED) is 0.695. The number of ketones is 1. The highest BCUT2D eigenvalue weighted by molar-refractivity contribution is 6.11. The van der Waals surface area contributed by atoms with Crippen LogP contribution in [-0.2, 0) is 6.42 Å². The van der Waals surface area contributed by atoms with Gasteiger partial charge in [-0.2, -0.15) is 0 Å². The van der Waals surface area contributed by atoms with E-state index in [0.717, 1.165) is 22.9 Å². The minimum Gasteiger partial charge on any atom is -0.360 e. The van der Waals surface area contributed by atoms with Gasteiger partial charge >= 0.3 is 0 Å². The number of carbonyl (C=O) groups is 1. The van der Waals surface area contributed by atoms with Crippen LogP contribution in [0.5, 0.6) is 0 Å². The van der Waals surface area contributed by atoms with Gasteiger partial charge in [-0.15, -0.1) is 0 Å². The lowest BCUT2D eigenvalue weighted by Crippen LogP contribution is -2.25. The largest absolute Gasteiger partial charge is 0.360 e. The van der Waals surface area contributed by atoms with Crippen LogP contribution < -0.4 is 0 Å². The average Bonchev–Trinajstić information content (AvgIpc) is 2.83. The van der Waals surface area contributed by atoms with E-state index < -0.39 is 0 Å². The highest BCUT2D eigenvalue weighted by atomic mass is 16.1. The number of aromatic nitrogens is 1. The van der Waals surface area contributed by atoms with E-state index in [-0.39, 0.29) is 11.7 Å². The van der Waals surface area contributed by atoms with Crippen LogP contribution in [0.1, 0.15) is 33.0 Å². The first kappa shape index (κ1) is 11.5. The van der Waals surface area contributed by atoms with Crippen molar-refractivity contribution in [2.24, 2.45) is 0 Å². The van der Waals surface area contributed by atoms with Crippen molar-refractivity contribution in [3.05, 3.63) is 70.9 Å². The van der Waals surface area contributed by atoms with Gasteiger partial charge in [0.2, 0.25) is 0 Å². The standard InChI is InChI=1S/C18H15NO/c1-11-6-7-17-14(8-11)16(10-19-17)18(20)15-9-12-4-2-3-5-13(12)15/h2-8,10,15,19H,9H2,1H3. The summed E-state index contributed by atoms with van der Waals surface area (Å²) in [5.74, 6) is 0.270. The number of hydrogen-bond acceptors (Lipinski definition) is 1. The zero-order chi connectivity index (χ0) is 13.7. The third-order valence-corrected chi connectivity index (χ3v) is 4.27. The normalized spacial score (nSPS) is 16.8. The zero-order valence-electron chi connectivity index (χ0n) is 11.3. The summed E-state index contributed by atoms with van der Waals surface area (Å²) in [5, 5.41) is 1.04. The van der Waals surface area contributed by atoms with E-state index in [1.807, 2.05) is 24.4 Å². The van der Waals surface area contributed by atoms with Crippen LogP contribution in [0.25, 0.3) is 10.9 Å². The molecule has 1 heterocycles. The maximum absolute atomic E-state index is 12.8. The highest BCUT2D eigenvalue weighted by Gasteiger charge is 2.33. The van der Waals surface area contributed by atoms with Crippen molar-refractivity contribution >= 4 is 16.7 Å². The summed E-state index contributed by atoms with van der Waals surface area (Å²) in [6.07, 6.45) is 2.72. The molecule has 0 radical (unpaired) electrons. The van der Waals surface area contributed by atoms with Gasteiger partial charge in [0.1, 0.15) is 0 Å². The smallest absolute Gasteiger partial charge is 0.172 e. The van der Waals surface area contributed by atoms with Crippen molar-refractivity contribution in [2.45, 2.75) is 19.3 Å². The summed E-state index contributed by atoms with van der Waals surface area (Å²) >= 11 is 0. The van der Waals surface area contributed by atoms with E-state index in [0.29, 0.717) is 0 Å². The molecule has 0 bridgehead atoms. The summed E-state index contributed by atoms with van der Waals surface area (Å²) < 4.78 is 0. The van der Waals surface area contributed by atoms with Crippen molar-refractivity contribution in [1.82, 2.24) is 4.98 Å². The van der Waals surface area contributed by atoms with E-state index in [9.17, 15) is 4.79 Å². The third-order valence-electron chi connectivity index (χ3n) is 4.27. The summed E-state index contributed by atoms with van der Waals surface area (Å²) in [4.78, 5) is 16.0. The molecule has 2 nitrogen and oxygen atoms in total. The first-order chi connectivity index (χ1) is 9.74. The Balaban J connectivity index is 1.77. The molecule has 0 saturated carbocycles. The van der Waals surface area contributed by atoms with Crippen LogP contribution in [-0.4, -0.2) is 10.8 Å². The Morgan fingerprint density at radius 2 is 2.05 bits per heavy atom. The lowest BCUT2D eigenvalue weighted by Gasteiger charge is -2.28. The molecule has 1 unspecified atom stereocenters. The fourth-order valence-corrected chi connectivity index (χ4v) is 3.12. The molecule has 20 heavy (non-hydrogen) atoms. The van der Waals surface area contributed by atoms with E-state index in [1.165, 1.54) is 16.7 Å². The van der Waals surface area contributed by atoms with Gasteiger partial charge in [0, 0.05) is 22.7 Å². The van der Waals surface area contributed by atoms with Gasteiger partial charge in [-0.25, -0.2) is 0 Å². The number of fused-ring (bicyclic) bond motifs is 2. The van der Waals surface area contributed by atoms with Gasteiger partial charge < -0.3 is 4.98 Å². The number of rotatable bonds is 2. The number of hydrogen-bond donors (Lipinski definition) is 1. The van der Waals surface area contributed by atoms with Gasteiger partial charge in [0.05, 0.1) is 5.92 Å². The summed E-state index contributed by atoms with van der Waals surface area (Å²) in [7, 11) is 0. The van der Waals surface area contributed by atoms with Gasteiger partial charge in [-0.3, -0.25) is 4.79 Å². The molecule has 0 spiro atoms. The van der Waals surface area contributed by atoms with Crippen LogP contribution >= 0.6 is 0 Å². The van der Waals surface area contributed by atoms with Gasteiger partial charge in [-0.05, 0) is 36.6 Å². The van der Waals surface area contributed by atoms with Crippen molar-refractivity contribution in [3.8, 4) is 0 Å². The van der Waals surface area contributed by atoms with Crippen molar-refractivity contribution in [2.75, 3.05) is 0 Å². The first-order valence-corrected chi connectivity index (χ1v) is 6.94. The molecule has 0 fully saturated rings. The van der Waals surface area contributed by atoms with Gasteiger partial charge in [0.25, 0.3) is 0 Å². The molecule has 0 amide bonds. The molecule has 1 atom stereocenters. The molecule has 4 rings (SSSR count). The van der Waals surface area contributed by atoms with Crippen LogP contribution in [0.3, 0.4) is 0 Å². The Hall–Kier alpha value is -2.35. The molecule has 1 N–H and O–H groups in total. The Kier molecular flexibility index (Phi) is 2.34. The average molecular weight is 261 g/mol. The summed E-state index contributed by atoms with van der Waals surface area (Å²) in [6, 6.07) is 14.4. The molecule has 1 aliphatic rings. The van der Waals surface area contributed by atoms with Crippen molar-refractivity contribution < 1.29 is 4.79 Å². The number of H-pyrrole nitrogens is 1. The Bertz CT molecular complexity index is 828. The third kappa shape index (κ3) is 1.54. The predicted octanol–water partition coefficient (Wildman–Crippen LogP) is 4.00. The molecule has 3 aromatic rings. The maximum Gasteiger partial charge on any atom is 0.172 e. The monoisotopic (exact) mass is 261 g/mol. The Morgan fingerprint density at radius 3 is 2.90 bits per heavy atom. The minimum atomic E-state index is 0.0331. The van der Waals surface area contributed by atoms with Gasteiger partial charge in [-0.1, -0.05) is 35.9 Å². The van der Waals surface area contributed by atoms with E-state index in [4.69, 9.17) is 0 Å². The maximum atomic E-state index is 12.8. The summed E-state index contributed by atoms with van der Waals surface area (Å²) in [6.45, 7) is 2.05. The number of aryl methyl sites for hydroxylation is 1. The number of carbonyl (C=O) groups excluding carboxylic acids is 1. The number of nitrogens with one attached hydrogen (secondary N) is 1. The Labute approximate surface area is 117 Å². The minimum absolute atomic E-state index is 0.0331. The van der Waals surface area contributed by atoms with E-state index >= 15 is 0 Å². The van der Waals surface area contributed by atoms with Crippen molar-refractivity contribution in [1.29, 1.82) is 0 Å². The summed E-state index contributed by atoms with van der Waals surface area (Å²) in [5.41, 5.74) is 5.54. The molecule has 1 aromatic heterocycles. The fourth-order valence-electron chi connectivity index (χ4n) is 3.12. The molecular formula is C18H15NO. The van der Waals surface area contributed by atoms with E-state index in [2.05, 4.69) is 36.2 Å². The second-order valence-corrected chi connectivity index (χ2v) is 5.57. The predicted molar refractivity (Wildman–Crippen MR) is 80.3 cm³/mol. The van der Waals surface area contributed by atoms with Crippen LogP contribution in [0.2, 0.25) is 0 Å². The molecule has 2 heteroatoms. The second kappa shape index (κ2) is 4.07. The molecule has 98 valence electrons. The molecule has 0 aliphatic heterocycles. The molecular weight excluding hydrogens is 246 g/mol. The zero-order valence-corrected chi connectivity index (χ0v) is 11.3. The SMILES string of the molecule is Cc1ccc2[nH]cc(C(=O)C3Cc4ccccc43)c2c1. The first-order valence-electron chi connectivity index (χ1n) is 6.94. The van der Waals surface area contributed by atoms with Crippen LogP contribution in [0, 0.1) is 6.92 Å². The Morgan fingerprint density at radius 1 is 1.20 bits per heavy atom. The number of aromatic amines is 1. The van der Waals surface area contributed by atoms with Crippen LogP contribution in [0.4, 0.5) is 0 Å². The second-order valence-electron chi connectivity index (χ2n) is 5.57. The number of benzene rings is 2. The fraction of sp³-hybridized carbons (Fsp3) is 0.167. The van der Waals surface area contributed by atoms with Crippen LogP contribution in [0.15, 0.2) is 48.7 Å². The van der Waals surface area contributed by atoms with E-state index in [1.54, 1.807) is 0 Å². The van der Waals surface area contributed by atoms with Crippen molar-refractivity contribution in [3.63, 3.8) is 0 Å².